The Hall–Kier alpha value is -2.88. The average Bonchev–Trinajstić information content (AvgIpc) is 2.66. The van der Waals surface area contributed by atoms with Crippen molar-refractivity contribution in [2.45, 2.75) is 45.6 Å². The minimum Gasteiger partial charge on any atom is -0.352 e. The Balaban J connectivity index is 1.61. The van der Waals surface area contributed by atoms with Crippen molar-refractivity contribution in [3.8, 4) is 0 Å². The molecule has 1 heterocycles. The van der Waals surface area contributed by atoms with Gasteiger partial charge in [-0.25, -0.2) is 0 Å². The summed E-state index contributed by atoms with van der Waals surface area (Å²) in [6.45, 7) is 6.54. The van der Waals surface area contributed by atoms with Crippen molar-refractivity contribution in [1.82, 2.24) is 10.3 Å². The zero-order valence-corrected chi connectivity index (χ0v) is 16.1. The molecule has 0 aliphatic heterocycles. The first-order valence-corrected chi connectivity index (χ1v) is 9.30. The number of carbonyl (C=O) groups is 1. The third kappa shape index (κ3) is 4.64. The van der Waals surface area contributed by atoms with Gasteiger partial charge in [-0.3, -0.25) is 9.59 Å². The minimum atomic E-state index is -0.156. The summed E-state index contributed by atoms with van der Waals surface area (Å²) in [6, 6.07) is 18.0. The number of H-pyrrole nitrogens is 1. The second-order valence-electron chi connectivity index (χ2n) is 7.74. The molecule has 0 radical (unpaired) electrons. The Bertz CT molecular complexity index is 1000. The molecule has 2 aromatic carbocycles. The molecule has 0 saturated carbocycles. The van der Waals surface area contributed by atoms with Gasteiger partial charge >= 0.3 is 0 Å². The highest BCUT2D eigenvalue weighted by Crippen LogP contribution is 2.28. The van der Waals surface area contributed by atoms with Crippen molar-refractivity contribution in [3.63, 3.8) is 0 Å². The topological polar surface area (TPSA) is 62.0 Å². The molecule has 0 spiro atoms. The van der Waals surface area contributed by atoms with Crippen LogP contribution in [0.15, 0.2) is 59.4 Å². The van der Waals surface area contributed by atoms with Crippen molar-refractivity contribution in [2.75, 3.05) is 0 Å². The number of carbonyl (C=O) groups excluding carboxylic acids is 1. The molecule has 4 nitrogen and oxygen atoms in total. The number of rotatable bonds is 6. The molecule has 0 fully saturated rings. The smallest absolute Gasteiger partial charge is 0.253 e. The van der Waals surface area contributed by atoms with E-state index in [1.165, 1.54) is 5.56 Å². The molecule has 27 heavy (non-hydrogen) atoms. The predicted octanol–water partition coefficient (Wildman–Crippen LogP) is 4.21. The molecule has 0 aliphatic rings. The SMILES string of the molecule is Cc1ccc2[nH]c(=O)c(CNC(=O)CCC(C)(C)c3ccccc3)cc2c1. The molecule has 3 aromatic rings. The lowest BCUT2D eigenvalue weighted by molar-refractivity contribution is -0.121. The number of aromatic amines is 1. The van der Waals surface area contributed by atoms with Crippen molar-refractivity contribution >= 4 is 16.8 Å². The maximum Gasteiger partial charge on any atom is 0.253 e. The molecule has 140 valence electrons. The average molecular weight is 362 g/mol. The quantitative estimate of drug-likeness (QED) is 0.690. The standard InChI is InChI=1S/C23H26N2O2/c1-16-9-10-20-17(13-16)14-18(22(27)25-20)15-24-21(26)11-12-23(2,3)19-7-5-4-6-8-19/h4-10,13-14H,11-12,15H2,1-3H3,(H,24,26)(H,25,27). The Labute approximate surface area is 159 Å². The van der Waals surface area contributed by atoms with Gasteiger partial charge in [0, 0.05) is 24.0 Å². The summed E-state index contributed by atoms with van der Waals surface area (Å²) in [4.78, 5) is 27.4. The van der Waals surface area contributed by atoms with Crippen LogP contribution in [0.1, 0.15) is 43.4 Å². The van der Waals surface area contributed by atoms with Crippen LogP contribution in [-0.4, -0.2) is 10.9 Å². The third-order valence-corrected chi connectivity index (χ3v) is 5.08. The van der Waals surface area contributed by atoms with Gasteiger partial charge in [-0.05, 0) is 47.9 Å². The molecule has 1 aromatic heterocycles. The highest BCUT2D eigenvalue weighted by molar-refractivity contribution is 5.80. The summed E-state index contributed by atoms with van der Waals surface area (Å²) in [6.07, 6.45) is 1.17. The molecule has 0 aliphatic carbocycles. The van der Waals surface area contributed by atoms with Crippen LogP contribution in [0, 0.1) is 6.92 Å². The number of pyridine rings is 1. The molecule has 3 rings (SSSR count). The first-order valence-electron chi connectivity index (χ1n) is 9.30. The Kier molecular flexibility index (Phi) is 5.45. The third-order valence-electron chi connectivity index (χ3n) is 5.08. The van der Waals surface area contributed by atoms with E-state index >= 15 is 0 Å². The van der Waals surface area contributed by atoms with E-state index in [0.29, 0.717) is 12.0 Å². The van der Waals surface area contributed by atoms with Crippen LogP contribution in [-0.2, 0) is 16.8 Å². The summed E-state index contributed by atoms with van der Waals surface area (Å²) >= 11 is 0. The van der Waals surface area contributed by atoms with E-state index in [2.05, 4.69) is 36.3 Å². The number of fused-ring (bicyclic) bond motifs is 1. The van der Waals surface area contributed by atoms with E-state index < -0.39 is 0 Å². The summed E-state index contributed by atoms with van der Waals surface area (Å²) in [5, 5.41) is 3.86. The molecule has 2 N–H and O–H groups in total. The first kappa shape index (κ1) is 18.9. The molecular formula is C23H26N2O2. The predicted molar refractivity (Wildman–Crippen MR) is 110 cm³/mol. The van der Waals surface area contributed by atoms with Crippen LogP contribution >= 0.6 is 0 Å². The summed E-state index contributed by atoms with van der Waals surface area (Å²) in [5.74, 6) is -0.0391. The van der Waals surface area contributed by atoms with E-state index in [4.69, 9.17) is 0 Å². The van der Waals surface area contributed by atoms with Gasteiger partial charge in [0.25, 0.3) is 5.56 Å². The normalized spacial score (nSPS) is 11.5. The fourth-order valence-corrected chi connectivity index (χ4v) is 3.24. The maximum absolute atomic E-state index is 12.3. The first-order chi connectivity index (χ1) is 12.8. The molecule has 1 amide bonds. The van der Waals surface area contributed by atoms with Crippen molar-refractivity contribution in [3.05, 3.63) is 81.6 Å². The number of hydrogen-bond acceptors (Lipinski definition) is 2. The highest BCUT2D eigenvalue weighted by atomic mass is 16.1. The van der Waals surface area contributed by atoms with Crippen LogP contribution in [0.2, 0.25) is 0 Å². The zero-order valence-electron chi connectivity index (χ0n) is 16.1. The Morgan fingerprint density at radius 3 is 2.56 bits per heavy atom. The number of hydrogen-bond donors (Lipinski definition) is 2. The molecule has 0 unspecified atom stereocenters. The van der Waals surface area contributed by atoms with E-state index in [9.17, 15) is 9.59 Å². The molecule has 0 bridgehead atoms. The van der Waals surface area contributed by atoms with Crippen molar-refractivity contribution in [2.24, 2.45) is 0 Å². The summed E-state index contributed by atoms with van der Waals surface area (Å²) in [5.41, 5.74) is 3.51. The fourth-order valence-electron chi connectivity index (χ4n) is 3.24. The van der Waals surface area contributed by atoms with E-state index in [1.54, 1.807) is 0 Å². The lowest BCUT2D eigenvalue weighted by Crippen LogP contribution is -2.28. The van der Waals surface area contributed by atoms with Gasteiger partial charge in [0.1, 0.15) is 0 Å². The van der Waals surface area contributed by atoms with Crippen LogP contribution < -0.4 is 10.9 Å². The highest BCUT2D eigenvalue weighted by Gasteiger charge is 2.21. The van der Waals surface area contributed by atoms with Gasteiger partial charge < -0.3 is 10.3 Å². The number of aromatic nitrogens is 1. The van der Waals surface area contributed by atoms with E-state index in [0.717, 1.165) is 22.9 Å². The maximum atomic E-state index is 12.3. The number of nitrogens with one attached hydrogen (secondary N) is 2. The zero-order chi connectivity index (χ0) is 19.4. The van der Waals surface area contributed by atoms with Gasteiger partial charge in [0.05, 0.1) is 0 Å². The fraction of sp³-hybridized carbons (Fsp3) is 0.304. The number of benzene rings is 2. The van der Waals surface area contributed by atoms with Crippen LogP contribution in [0.3, 0.4) is 0 Å². The van der Waals surface area contributed by atoms with Gasteiger partial charge in [0.2, 0.25) is 5.91 Å². The summed E-state index contributed by atoms with van der Waals surface area (Å²) < 4.78 is 0. The molecular weight excluding hydrogens is 336 g/mol. The lowest BCUT2D eigenvalue weighted by Gasteiger charge is -2.25. The lowest BCUT2D eigenvalue weighted by atomic mass is 9.80. The van der Waals surface area contributed by atoms with Gasteiger partial charge in [-0.1, -0.05) is 55.8 Å². The minimum absolute atomic E-state index is 0.0391. The largest absolute Gasteiger partial charge is 0.352 e. The Morgan fingerprint density at radius 2 is 1.81 bits per heavy atom. The van der Waals surface area contributed by atoms with Crippen LogP contribution in [0.5, 0.6) is 0 Å². The second-order valence-corrected chi connectivity index (χ2v) is 7.74. The Morgan fingerprint density at radius 1 is 1.07 bits per heavy atom. The second kappa shape index (κ2) is 7.78. The van der Waals surface area contributed by atoms with Crippen molar-refractivity contribution in [1.29, 1.82) is 0 Å². The van der Waals surface area contributed by atoms with E-state index in [-0.39, 0.29) is 23.4 Å². The molecule has 0 atom stereocenters. The molecule has 4 heteroatoms. The molecule has 0 saturated heterocycles. The van der Waals surface area contributed by atoms with Gasteiger partial charge in [0.15, 0.2) is 0 Å². The number of amides is 1. The van der Waals surface area contributed by atoms with E-state index in [1.807, 2.05) is 49.4 Å². The van der Waals surface area contributed by atoms with Gasteiger partial charge in [-0.15, -0.1) is 0 Å². The summed E-state index contributed by atoms with van der Waals surface area (Å²) in [7, 11) is 0. The van der Waals surface area contributed by atoms with Crippen molar-refractivity contribution < 1.29 is 4.79 Å². The number of aryl methyl sites for hydroxylation is 1. The monoisotopic (exact) mass is 362 g/mol. The van der Waals surface area contributed by atoms with Crippen LogP contribution in [0.4, 0.5) is 0 Å². The van der Waals surface area contributed by atoms with Gasteiger partial charge in [-0.2, -0.15) is 0 Å². The van der Waals surface area contributed by atoms with Crippen LogP contribution in [0.25, 0.3) is 10.9 Å².